The highest BCUT2D eigenvalue weighted by Gasteiger charge is 2.58. The van der Waals surface area contributed by atoms with Crippen molar-refractivity contribution in [2.24, 2.45) is 29.1 Å². The first kappa shape index (κ1) is 28.4. The van der Waals surface area contributed by atoms with E-state index in [-0.39, 0.29) is 47.9 Å². The van der Waals surface area contributed by atoms with Crippen LogP contribution in [-0.4, -0.2) is 50.1 Å². The molecule has 6 rings (SSSR count). The Kier molecular flexibility index (Phi) is 8.25. The number of hydrogen-bond donors (Lipinski definition) is 1. The Morgan fingerprint density at radius 1 is 1.10 bits per heavy atom. The molecule has 1 N–H and O–H groups in total. The molecule has 1 aromatic carbocycles. The monoisotopic (exact) mass is 555 g/mol. The number of fused-ring (bicyclic) bond motifs is 4. The number of methoxy groups -OCH3 is 1. The van der Waals surface area contributed by atoms with Crippen LogP contribution in [0.1, 0.15) is 82.6 Å². The minimum atomic E-state index is -0.137. The van der Waals surface area contributed by atoms with E-state index in [9.17, 15) is 14.7 Å². The van der Waals surface area contributed by atoms with E-state index >= 15 is 0 Å². The van der Waals surface area contributed by atoms with Crippen molar-refractivity contribution < 1.29 is 19.4 Å². The van der Waals surface area contributed by atoms with Gasteiger partial charge >= 0.3 is 0 Å². The van der Waals surface area contributed by atoms with Gasteiger partial charge in [-0.05, 0) is 109 Å². The third-order valence-electron chi connectivity index (χ3n) is 11.2. The molecule has 0 radical (unpaired) electrons. The maximum Gasteiger partial charge on any atom is 0.162 e. The van der Waals surface area contributed by atoms with Crippen molar-refractivity contribution >= 4 is 17.3 Å². The Bertz CT molecular complexity index is 1290. The third kappa shape index (κ3) is 5.23. The van der Waals surface area contributed by atoms with Crippen LogP contribution in [0.15, 0.2) is 47.1 Å². The fourth-order valence-corrected chi connectivity index (χ4v) is 9.39. The molecule has 1 heterocycles. The molecule has 1 unspecified atom stereocenters. The zero-order valence-electron chi connectivity index (χ0n) is 24.8. The molecule has 5 nitrogen and oxygen atoms in total. The van der Waals surface area contributed by atoms with Crippen LogP contribution in [0.2, 0.25) is 0 Å². The highest BCUT2D eigenvalue weighted by molar-refractivity contribution is 5.93. The van der Waals surface area contributed by atoms with Crippen molar-refractivity contribution in [1.82, 2.24) is 0 Å². The maximum absolute atomic E-state index is 13.4. The maximum atomic E-state index is 13.4. The zero-order valence-corrected chi connectivity index (χ0v) is 24.8. The van der Waals surface area contributed by atoms with Crippen molar-refractivity contribution in [2.45, 2.75) is 77.0 Å². The van der Waals surface area contributed by atoms with Gasteiger partial charge < -0.3 is 14.7 Å². The summed E-state index contributed by atoms with van der Waals surface area (Å²) in [7, 11) is 1.63. The van der Waals surface area contributed by atoms with Gasteiger partial charge in [0.05, 0.1) is 0 Å². The SMILES string of the molecule is COCC(=O)[C@H]1CC[C@H]2[C@@H]3CC(CC#CCO)C4=CC(=O)CCC4=C3[C@@H](c3ccc(N4CCCCC4)cc3)C[C@]12C. The van der Waals surface area contributed by atoms with Crippen LogP contribution in [0.25, 0.3) is 0 Å². The second-order valence-electron chi connectivity index (χ2n) is 13.3. The van der Waals surface area contributed by atoms with Gasteiger partial charge in [-0.1, -0.05) is 30.6 Å². The van der Waals surface area contributed by atoms with E-state index in [1.165, 1.54) is 41.7 Å². The summed E-state index contributed by atoms with van der Waals surface area (Å²) in [6, 6.07) is 9.32. The molecule has 5 heteroatoms. The average molecular weight is 556 g/mol. The quantitative estimate of drug-likeness (QED) is 0.435. The Hall–Kier alpha value is -2.68. The van der Waals surface area contributed by atoms with Gasteiger partial charge in [-0.2, -0.15) is 0 Å². The third-order valence-corrected chi connectivity index (χ3v) is 11.2. The second kappa shape index (κ2) is 11.9. The van der Waals surface area contributed by atoms with Gasteiger partial charge in [0.2, 0.25) is 0 Å². The van der Waals surface area contributed by atoms with Crippen molar-refractivity contribution in [3.8, 4) is 11.8 Å². The van der Waals surface area contributed by atoms with Gasteiger partial charge in [0, 0.05) is 50.6 Å². The summed E-state index contributed by atoms with van der Waals surface area (Å²) in [4.78, 5) is 28.6. The molecule has 3 fully saturated rings. The normalized spacial score (nSPS) is 32.9. The molecule has 1 saturated heterocycles. The van der Waals surface area contributed by atoms with Gasteiger partial charge in [-0.15, -0.1) is 5.92 Å². The minimum Gasteiger partial charge on any atom is -0.384 e. The predicted molar refractivity (Wildman–Crippen MR) is 161 cm³/mol. The van der Waals surface area contributed by atoms with E-state index in [4.69, 9.17) is 4.74 Å². The fourth-order valence-electron chi connectivity index (χ4n) is 9.39. The van der Waals surface area contributed by atoms with Crippen molar-refractivity contribution in [3.05, 3.63) is 52.6 Å². The Morgan fingerprint density at radius 3 is 2.61 bits per heavy atom. The minimum absolute atomic E-state index is 0.0200. The van der Waals surface area contributed by atoms with Gasteiger partial charge in [0.1, 0.15) is 13.2 Å². The zero-order chi connectivity index (χ0) is 28.6. The van der Waals surface area contributed by atoms with Gasteiger partial charge in [-0.3, -0.25) is 9.59 Å². The molecule has 6 atom stereocenters. The summed E-state index contributed by atoms with van der Waals surface area (Å²) in [5.41, 5.74) is 6.71. The molecule has 41 heavy (non-hydrogen) atoms. The number of carbonyl (C=O) groups is 2. The smallest absolute Gasteiger partial charge is 0.162 e. The Labute approximate surface area is 245 Å². The van der Waals surface area contributed by atoms with E-state index in [0.29, 0.717) is 24.7 Å². The largest absolute Gasteiger partial charge is 0.384 e. The van der Waals surface area contributed by atoms with Crippen LogP contribution in [0.4, 0.5) is 5.69 Å². The van der Waals surface area contributed by atoms with Crippen LogP contribution >= 0.6 is 0 Å². The number of ketones is 2. The van der Waals surface area contributed by atoms with E-state index < -0.39 is 0 Å². The molecule has 5 aliphatic rings. The van der Waals surface area contributed by atoms with E-state index in [2.05, 4.69) is 47.9 Å². The lowest BCUT2D eigenvalue weighted by Crippen LogP contribution is -2.46. The lowest BCUT2D eigenvalue weighted by atomic mass is 9.50. The molecule has 0 aromatic heterocycles. The van der Waals surface area contributed by atoms with Crippen LogP contribution in [0.3, 0.4) is 0 Å². The number of Topliss-reactive ketones (excluding diaryl/α,β-unsaturated/α-hetero) is 1. The van der Waals surface area contributed by atoms with Crippen molar-refractivity contribution in [1.29, 1.82) is 0 Å². The molecular formula is C36H45NO4. The lowest BCUT2D eigenvalue weighted by molar-refractivity contribution is -0.131. The topological polar surface area (TPSA) is 66.8 Å². The van der Waals surface area contributed by atoms with Crippen LogP contribution in [0.5, 0.6) is 0 Å². The first-order chi connectivity index (χ1) is 19.9. The molecule has 0 bridgehead atoms. The van der Waals surface area contributed by atoms with Crippen LogP contribution < -0.4 is 4.90 Å². The number of benzene rings is 1. The Balaban J connectivity index is 1.44. The van der Waals surface area contributed by atoms with Crippen LogP contribution in [-0.2, 0) is 14.3 Å². The molecule has 1 aromatic rings. The summed E-state index contributed by atoms with van der Waals surface area (Å²) < 4.78 is 5.34. The van der Waals surface area contributed by atoms with Gasteiger partial charge in [-0.25, -0.2) is 0 Å². The molecule has 0 spiro atoms. The molecule has 2 saturated carbocycles. The summed E-state index contributed by atoms with van der Waals surface area (Å²) >= 11 is 0. The molecule has 1 aliphatic heterocycles. The summed E-state index contributed by atoms with van der Waals surface area (Å²) in [5, 5.41) is 9.31. The number of nitrogens with zero attached hydrogens (tertiary/aromatic N) is 1. The number of rotatable bonds is 6. The van der Waals surface area contributed by atoms with Gasteiger partial charge in [0.25, 0.3) is 0 Å². The molecule has 218 valence electrons. The predicted octanol–water partition coefficient (Wildman–Crippen LogP) is 6.02. The highest BCUT2D eigenvalue weighted by Crippen LogP contribution is 2.66. The highest BCUT2D eigenvalue weighted by atomic mass is 16.5. The standard InChI is InChI=1S/C36H45NO4/c1-36-22-31(24-9-11-26(12-10-24)37-17-5-3-6-18-37)35-28-14-13-27(39)21-29(28)25(8-4-7-19-38)20-30(35)32(36)15-16-33(36)34(40)23-41-2/h9-12,21,25,30-33,38H,3,5-6,8,13-20,22-23H2,1-2H3/t25?,30-,31+,32-,33+,36-/m0/s1. The average Bonchev–Trinajstić information content (AvgIpc) is 3.34. The summed E-state index contributed by atoms with van der Waals surface area (Å²) in [6.45, 7) is 4.70. The number of piperidine rings is 1. The number of hydrogen-bond acceptors (Lipinski definition) is 5. The van der Waals surface area contributed by atoms with Crippen molar-refractivity contribution in [3.63, 3.8) is 0 Å². The van der Waals surface area contributed by atoms with Crippen LogP contribution in [0, 0.1) is 40.9 Å². The van der Waals surface area contributed by atoms with E-state index in [1.54, 1.807) is 12.7 Å². The molecule has 0 amide bonds. The number of ether oxygens (including phenoxy) is 1. The van der Waals surface area contributed by atoms with Gasteiger partial charge in [0.15, 0.2) is 11.6 Å². The first-order valence-corrected chi connectivity index (χ1v) is 15.9. The lowest BCUT2D eigenvalue weighted by Gasteiger charge is -2.53. The van der Waals surface area contributed by atoms with Crippen molar-refractivity contribution in [2.75, 3.05) is 38.3 Å². The summed E-state index contributed by atoms with van der Waals surface area (Å²) in [6.07, 6.45) is 11.7. The van der Waals surface area contributed by atoms with E-state index in [0.717, 1.165) is 45.2 Å². The number of aliphatic hydroxyl groups is 1. The number of carbonyl (C=O) groups excluding carboxylic acids is 2. The molecular weight excluding hydrogens is 510 g/mol. The Morgan fingerprint density at radius 2 is 1.88 bits per heavy atom. The number of allylic oxidation sites excluding steroid dienone is 4. The first-order valence-electron chi connectivity index (χ1n) is 15.9. The summed E-state index contributed by atoms with van der Waals surface area (Å²) in [5.74, 6) is 7.77. The van der Waals surface area contributed by atoms with E-state index in [1.807, 2.05) is 6.08 Å². The number of aliphatic hydroxyl groups excluding tert-OH is 1. The number of anilines is 1. The fraction of sp³-hybridized carbons (Fsp3) is 0.611. The second-order valence-corrected chi connectivity index (χ2v) is 13.3. The molecule has 4 aliphatic carbocycles.